The van der Waals surface area contributed by atoms with Crippen LogP contribution in [-0.4, -0.2) is 19.5 Å². The molecule has 59 heavy (non-hydrogen) atoms. The summed E-state index contributed by atoms with van der Waals surface area (Å²) in [5.41, 5.74) is 12.9. The average molecular weight is 753 g/mol. The minimum Gasteiger partial charge on any atom is -0.308 e. The molecule has 9 aromatic carbocycles. The zero-order valence-electron chi connectivity index (χ0n) is 32.1. The first-order chi connectivity index (χ1) is 29.2. The lowest BCUT2D eigenvalue weighted by Gasteiger charge is -2.16. The molecule has 0 saturated heterocycles. The summed E-state index contributed by atoms with van der Waals surface area (Å²) >= 11 is 0. The van der Waals surface area contributed by atoms with Crippen molar-refractivity contribution in [3.05, 3.63) is 218 Å². The maximum Gasteiger partial charge on any atom is 0.166 e. The first-order valence-electron chi connectivity index (χ1n) is 19.9. The largest absolute Gasteiger partial charge is 0.308 e. The van der Waals surface area contributed by atoms with Crippen LogP contribution in [-0.2, 0) is 0 Å². The van der Waals surface area contributed by atoms with E-state index in [1.165, 1.54) is 21.9 Å². The highest BCUT2D eigenvalue weighted by Crippen LogP contribution is 2.39. The third-order valence-corrected chi connectivity index (χ3v) is 11.3. The quantitative estimate of drug-likeness (QED) is 0.163. The molecule has 0 fully saturated rings. The molecule has 4 heteroatoms. The summed E-state index contributed by atoms with van der Waals surface area (Å²) in [6.07, 6.45) is 0. The van der Waals surface area contributed by atoms with Crippen molar-refractivity contribution < 1.29 is 0 Å². The third kappa shape index (κ3) is 6.34. The fourth-order valence-electron chi connectivity index (χ4n) is 8.29. The van der Waals surface area contributed by atoms with Gasteiger partial charge >= 0.3 is 0 Å². The summed E-state index contributed by atoms with van der Waals surface area (Å²) < 4.78 is 2.37. The molecule has 0 bridgehead atoms. The van der Waals surface area contributed by atoms with Gasteiger partial charge < -0.3 is 4.57 Å². The highest BCUT2D eigenvalue weighted by molar-refractivity contribution is 6.09. The fourth-order valence-corrected chi connectivity index (χ4v) is 8.29. The van der Waals surface area contributed by atoms with Crippen LogP contribution in [0.1, 0.15) is 0 Å². The van der Waals surface area contributed by atoms with E-state index in [2.05, 4.69) is 217 Å². The Hall–Kier alpha value is -7.95. The van der Waals surface area contributed by atoms with Crippen LogP contribution in [0, 0.1) is 0 Å². The maximum atomic E-state index is 5.33. The molecule has 11 aromatic rings. The molecule has 0 spiro atoms. The molecule has 0 atom stereocenters. The zero-order chi connectivity index (χ0) is 39.1. The van der Waals surface area contributed by atoms with E-state index < -0.39 is 0 Å². The first kappa shape index (κ1) is 34.3. The van der Waals surface area contributed by atoms with Crippen molar-refractivity contribution in [3.63, 3.8) is 0 Å². The molecule has 0 saturated carbocycles. The van der Waals surface area contributed by atoms with E-state index >= 15 is 0 Å². The Morgan fingerprint density at radius 1 is 0.271 bits per heavy atom. The first-order valence-corrected chi connectivity index (χ1v) is 19.9. The number of para-hydroxylation sites is 2. The average Bonchev–Trinajstić information content (AvgIpc) is 3.66. The monoisotopic (exact) mass is 752 g/mol. The van der Waals surface area contributed by atoms with E-state index in [1.54, 1.807) is 0 Å². The molecule has 0 unspecified atom stereocenters. The third-order valence-electron chi connectivity index (χ3n) is 11.3. The van der Waals surface area contributed by atoms with Crippen LogP contribution in [0.2, 0.25) is 0 Å². The SMILES string of the molecule is c1ccc(-c2ccc(-c3nc(-c4ccc5cc(-c6ccccc6)ccc5c4)nc(-c4ccc(-c5ccccc5)cc4-n4c5ccccc5c5ccccc54)n3)cc2)cc1. The molecule has 2 aromatic heterocycles. The topological polar surface area (TPSA) is 43.6 Å². The predicted octanol–water partition coefficient (Wildman–Crippen LogP) is 14.1. The van der Waals surface area contributed by atoms with Crippen LogP contribution in [0.3, 0.4) is 0 Å². The second-order valence-electron chi connectivity index (χ2n) is 14.9. The van der Waals surface area contributed by atoms with Gasteiger partial charge in [-0.25, -0.2) is 15.0 Å². The van der Waals surface area contributed by atoms with E-state index in [-0.39, 0.29) is 0 Å². The summed E-state index contributed by atoms with van der Waals surface area (Å²) in [5.74, 6) is 1.84. The van der Waals surface area contributed by atoms with Gasteiger partial charge in [0.15, 0.2) is 17.5 Å². The van der Waals surface area contributed by atoms with E-state index in [1.807, 2.05) is 6.07 Å². The summed E-state index contributed by atoms with van der Waals surface area (Å²) in [7, 11) is 0. The van der Waals surface area contributed by atoms with E-state index in [9.17, 15) is 0 Å². The van der Waals surface area contributed by atoms with Gasteiger partial charge in [-0.15, -0.1) is 0 Å². The lowest BCUT2D eigenvalue weighted by Crippen LogP contribution is -2.04. The molecule has 0 amide bonds. The molecule has 276 valence electrons. The van der Waals surface area contributed by atoms with Crippen LogP contribution in [0.25, 0.3) is 106 Å². The van der Waals surface area contributed by atoms with Crippen LogP contribution >= 0.6 is 0 Å². The van der Waals surface area contributed by atoms with Crippen molar-refractivity contribution in [3.8, 4) is 73.2 Å². The molecule has 4 nitrogen and oxygen atoms in total. The Morgan fingerprint density at radius 3 is 1.25 bits per heavy atom. The Kier molecular flexibility index (Phi) is 8.45. The smallest absolute Gasteiger partial charge is 0.166 e. The number of aromatic nitrogens is 4. The molecule has 11 rings (SSSR count). The summed E-state index contributed by atoms with van der Waals surface area (Å²) in [6, 6.07) is 77.0. The van der Waals surface area contributed by atoms with Gasteiger partial charge in [0, 0.05) is 27.5 Å². The Bertz CT molecular complexity index is 3250. The minimum absolute atomic E-state index is 0.605. The van der Waals surface area contributed by atoms with Crippen molar-refractivity contribution in [1.82, 2.24) is 19.5 Å². The number of hydrogen-bond donors (Lipinski definition) is 0. The number of benzene rings is 9. The lowest BCUT2D eigenvalue weighted by molar-refractivity contribution is 1.06. The Labute approximate surface area is 342 Å². The van der Waals surface area contributed by atoms with Crippen molar-refractivity contribution in [2.24, 2.45) is 0 Å². The number of nitrogens with zero attached hydrogens (tertiary/aromatic N) is 4. The summed E-state index contributed by atoms with van der Waals surface area (Å²) in [6.45, 7) is 0. The van der Waals surface area contributed by atoms with Gasteiger partial charge in [-0.3, -0.25) is 0 Å². The van der Waals surface area contributed by atoms with Crippen molar-refractivity contribution in [1.29, 1.82) is 0 Å². The predicted molar refractivity (Wildman–Crippen MR) is 244 cm³/mol. The lowest BCUT2D eigenvalue weighted by atomic mass is 9.99. The Morgan fingerprint density at radius 2 is 0.661 bits per heavy atom. The van der Waals surface area contributed by atoms with Gasteiger partial charge in [0.2, 0.25) is 0 Å². The van der Waals surface area contributed by atoms with Crippen molar-refractivity contribution in [2.75, 3.05) is 0 Å². The Balaban J connectivity index is 1.13. The number of hydrogen-bond acceptors (Lipinski definition) is 3. The van der Waals surface area contributed by atoms with Gasteiger partial charge in [0.05, 0.1) is 16.7 Å². The maximum absolute atomic E-state index is 5.33. The zero-order valence-corrected chi connectivity index (χ0v) is 32.1. The number of fused-ring (bicyclic) bond motifs is 4. The van der Waals surface area contributed by atoms with Crippen LogP contribution in [0.15, 0.2) is 218 Å². The molecule has 0 aliphatic rings. The van der Waals surface area contributed by atoms with E-state index in [4.69, 9.17) is 15.0 Å². The normalized spacial score (nSPS) is 11.4. The number of rotatable bonds is 7. The molecule has 2 heterocycles. The van der Waals surface area contributed by atoms with Gasteiger partial charge in [0.25, 0.3) is 0 Å². The second kappa shape index (κ2) is 14.5. The minimum atomic E-state index is 0.605. The van der Waals surface area contributed by atoms with E-state index in [0.717, 1.165) is 66.4 Å². The van der Waals surface area contributed by atoms with Crippen molar-refractivity contribution >= 4 is 32.6 Å². The van der Waals surface area contributed by atoms with Crippen LogP contribution in [0.5, 0.6) is 0 Å². The van der Waals surface area contributed by atoms with Gasteiger partial charge in [0.1, 0.15) is 0 Å². The highest BCUT2D eigenvalue weighted by atomic mass is 15.1. The van der Waals surface area contributed by atoms with Gasteiger partial charge in [-0.2, -0.15) is 0 Å². The van der Waals surface area contributed by atoms with Crippen LogP contribution < -0.4 is 0 Å². The van der Waals surface area contributed by atoms with E-state index in [0.29, 0.717) is 17.5 Å². The summed E-state index contributed by atoms with van der Waals surface area (Å²) in [5, 5.41) is 4.67. The molecule has 0 radical (unpaired) electrons. The summed E-state index contributed by atoms with van der Waals surface area (Å²) in [4.78, 5) is 15.8. The van der Waals surface area contributed by atoms with Gasteiger partial charge in [-0.1, -0.05) is 182 Å². The molecule has 0 aliphatic carbocycles. The van der Waals surface area contributed by atoms with Crippen molar-refractivity contribution in [2.45, 2.75) is 0 Å². The molecular formula is C55H36N4. The molecule has 0 aliphatic heterocycles. The molecule has 0 N–H and O–H groups in total. The highest BCUT2D eigenvalue weighted by Gasteiger charge is 2.20. The fraction of sp³-hybridized carbons (Fsp3) is 0. The second-order valence-corrected chi connectivity index (χ2v) is 14.9. The molecular weight excluding hydrogens is 717 g/mol. The van der Waals surface area contributed by atoms with Gasteiger partial charge in [-0.05, 0) is 80.6 Å². The standard InChI is InChI=1S/C55H36N4/c1-4-14-37(15-5-1)40-24-26-41(27-25-40)53-56-54(46-31-30-43-34-42(28-29-44(43)35-46)38-16-6-2-7-17-38)58-55(57-53)49-33-32-45(39-18-8-3-9-19-39)36-52(49)59-50-22-12-10-20-47(50)48-21-11-13-23-51(48)59/h1-36H. The van der Waals surface area contributed by atoms with Crippen LogP contribution in [0.4, 0.5) is 0 Å².